The monoisotopic (exact) mass is 439 g/mol. The van der Waals surface area contributed by atoms with Crippen LogP contribution in [-0.2, 0) is 16.6 Å². The molecule has 0 unspecified atom stereocenters. The van der Waals surface area contributed by atoms with Gasteiger partial charge in [-0.2, -0.15) is 5.10 Å². The minimum Gasteiger partial charge on any atom is -0.477 e. The fourth-order valence-electron chi connectivity index (χ4n) is 2.72. The second kappa shape index (κ2) is 8.34. The lowest BCUT2D eigenvalue weighted by Crippen LogP contribution is -2.25. The number of rotatable bonds is 6. The first-order chi connectivity index (χ1) is 13.7. The Labute approximate surface area is 177 Å². The number of nitrogens with zero attached hydrogens (tertiary/aromatic N) is 3. The zero-order chi connectivity index (χ0) is 21.3. The molecule has 0 N–H and O–H groups in total. The molecule has 1 atom stereocenters. The highest BCUT2D eigenvalue weighted by atomic mass is 35.5. The smallest absolute Gasteiger partial charge is 0.346 e. The summed E-state index contributed by atoms with van der Waals surface area (Å²) in [6.45, 7) is 5.18. The molecule has 2 aromatic heterocycles. The molecule has 3 aromatic rings. The van der Waals surface area contributed by atoms with E-state index in [1.807, 2.05) is 6.92 Å². The lowest BCUT2D eigenvalue weighted by atomic mass is 10.2. The Balaban J connectivity index is 1.99. The maximum absolute atomic E-state index is 11.6. The van der Waals surface area contributed by atoms with Crippen LogP contribution in [0, 0.1) is 13.8 Å². The molecule has 0 amide bonds. The highest BCUT2D eigenvalue weighted by molar-refractivity contribution is 6.36. The van der Waals surface area contributed by atoms with Gasteiger partial charge in [-0.1, -0.05) is 28.4 Å². The fraction of sp³-hybridized carbons (Fsp3) is 0.316. The first-order valence-corrected chi connectivity index (χ1v) is 9.35. The number of aryl methyl sites for hydroxylation is 3. The third-order valence-corrected chi connectivity index (χ3v) is 4.67. The molecule has 0 aliphatic rings. The fourth-order valence-corrected chi connectivity index (χ4v) is 3.19. The van der Waals surface area contributed by atoms with E-state index in [1.54, 1.807) is 31.6 Å². The van der Waals surface area contributed by atoms with E-state index in [0.717, 1.165) is 0 Å². The van der Waals surface area contributed by atoms with E-state index < -0.39 is 12.1 Å². The van der Waals surface area contributed by atoms with Crippen molar-refractivity contribution < 1.29 is 23.5 Å². The Kier molecular flexibility index (Phi) is 6.04. The number of ether oxygens (including phenoxy) is 3. The van der Waals surface area contributed by atoms with Crippen LogP contribution in [0.15, 0.2) is 22.7 Å². The molecular formula is C19H19Cl2N3O5. The van der Waals surface area contributed by atoms with Gasteiger partial charge in [0.1, 0.15) is 17.2 Å². The van der Waals surface area contributed by atoms with Crippen molar-refractivity contribution in [1.82, 2.24) is 14.9 Å². The van der Waals surface area contributed by atoms with E-state index in [4.69, 9.17) is 37.2 Å². The summed E-state index contributed by atoms with van der Waals surface area (Å²) in [6.07, 6.45) is -0.862. The van der Waals surface area contributed by atoms with E-state index in [1.165, 1.54) is 19.2 Å². The van der Waals surface area contributed by atoms with Gasteiger partial charge >= 0.3 is 5.97 Å². The molecule has 3 rings (SSSR count). The van der Waals surface area contributed by atoms with Gasteiger partial charge in [0, 0.05) is 19.2 Å². The topological polar surface area (TPSA) is 88.6 Å². The van der Waals surface area contributed by atoms with Crippen molar-refractivity contribution in [2.24, 2.45) is 7.05 Å². The molecule has 0 saturated carbocycles. The highest BCUT2D eigenvalue weighted by Gasteiger charge is 2.23. The number of carbonyl (C=O) groups excluding carboxylic acids is 1. The molecule has 10 heteroatoms. The van der Waals surface area contributed by atoms with E-state index in [9.17, 15) is 4.79 Å². The van der Waals surface area contributed by atoms with Gasteiger partial charge in [0.25, 0.3) is 0 Å². The Bertz CT molecular complexity index is 1060. The van der Waals surface area contributed by atoms with Crippen LogP contribution in [-0.4, -0.2) is 34.1 Å². The number of hydrogen-bond donors (Lipinski definition) is 0. The second-order valence-electron chi connectivity index (χ2n) is 6.31. The van der Waals surface area contributed by atoms with Crippen LogP contribution in [0.25, 0.3) is 11.3 Å². The number of halogens is 2. The lowest BCUT2D eigenvalue weighted by Gasteiger charge is -2.16. The summed E-state index contributed by atoms with van der Waals surface area (Å²) < 4.78 is 23.0. The van der Waals surface area contributed by atoms with Gasteiger partial charge in [0.15, 0.2) is 11.9 Å². The van der Waals surface area contributed by atoms with Crippen LogP contribution < -0.4 is 9.47 Å². The van der Waals surface area contributed by atoms with Crippen molar-refractivity contribution in [3.63, 3.8) is 0 Å². The average Bonchev–Trinajstić information content (AvgIpc) is 3.20. The predicted octanol–water partition coefficient (Wildman–Crippen LogP) is 4.73. The summed E-state index contributed by atoms with van der Waals surface area (Å²) in [5.74, 6) is 1.02. The number of carbonyl (C=O) groups is 1. The van der Waals surface area contributed by atoms with E-state index in [2.05, 4.69) is 15.0 Å². The first-order valence-electron chi connectivity index (χ1n) is 8.60. The molecule has 0 radical (unpaired) electrons. The number of aromatic nitrogens is 3. The molecule has 0 bridgehead atoms. The van der Waals surface area contributed by atoms with Crippen molar-refractivity contribution in [2.75, 3.05) is 7.11 Å². The van der Waals surface area contributed by atoms with Crippen molar-refractivity contribution in [3.8, 4) is 28.6 Å². The van der Waals surface area contributed by atoms with Crippen LogP contribution >= 0.6 is 23.2 Å². The van der Waals surface area contributed by atoms with Crippen LogP contribution in [0.1, 0.15) is 18.4 Å². The Morgan fingerprint density at radius 1 is 1.17 bits per heavy atom. The van der Waals surface area contributed by atoms with Gasteiger partial charge < -0.3 is 18.7 Å². The largest absolute Gasteiger partial charge is 0.477 e. The molecule has 0 fully saturated rings. The molecule has 2 heterocycles. The van der Waals surface area contributed by atoms with Gasteiger partial charge in [0.05, 0.1) is 28.4 Å². The maximum atomic E-state index is 11.6. The summed E-state index contributed by atoms with van der Waals surface area (Å²) in [5, 5.41) is 8.93. The molecule has 8 nitrogen and oxygen atoms in total. The zero-order valence-corrected chi connectivity index (χ0v) is 18.0. The molecule has 0 aliphatic heterocycles. The number of esters is 1. The van der Waals surface area contributed by atoms with Crippen molar-refractivity contribution >= 4 is 29.2 Å². The summed E-state index contributed by atoms with van der Waals surface area (Å²) in [7, 11) is 3.01. The van der Waals surface area contributed by atoms with Gasteiger partial charge in [-0.3, -0.25) is 0 Å². The molecular weight excluding hydrogens is 421 g/mol. The van der Waals surface area contributed by atoms with E-state index >= 15 is 0 Å². The van der Waals surface area contributed by atoms with E-state index in [0.29, 0.717) is 28.6 Å². The summed E-state index contributed by atoms with van der Waals surface area (Å²) in [6, 6.07) is 4.76. The lowest BCUT2D eigenvalue weighted by molar-refractivity contribution is -0.147. The third kappa shape index (κ3) is 4.33. The summed E-state index contributed by atoms with van der Waals surface area (Å²) in [4.78, 5) is 11.6. The standard InChI is InChI=1S/C19H19Cl2N3O5/c1-9-6-14(23-29-9)17-10(2)22-24(4)18(17)28-16-8-15(12(20)7-13(16)21)27-11(3)19(25)26-5/h6-8,11H,1-5H3/t11-/m0/s1. The Morgan fingerprint density at radius 2 is 1.86 bits per heavy atom. The minimum absolute atomic E-state index is 0.224. The Hall–Kier alpha value is -2.71. The molecule has 1 aromatic carbocycles. The van der Waals surface area contributed by atoms with Crippen molar-refractivity contribution in [2.45, 2.75) is 26.9 Å². The molecule has 29 heavy (non-hydrogen) atoms. The average molecular weight is 440 g/mol. The summed E-state index contributed by atoms with van der Waals surface area (Å²) >= 11 is 12.5. The van der Waals surface area contributed by atoms with Crippen molar-refractivity contribution in [1.29, 1.82) is 0 Å². The number of benzene rings is 1. The SMILES string of the molecule is COC(=O)[C@H](C)Oc1cc(Oc2c(-c3cc(C)on3)c(C)nn2C)c(Cl)cc1Cl. The van der Waals surface area contributed by atoms with Crippen LogP contribution in [0.4, 0.5) is 0 Å². The van der Waals surface area contributed by atoms with Crippen LogP contribution in [0.5, 0.6) is 17.4 Å². The highest BCUT2D eigenvalue weighted by Crippen LogP contribution is 2.41. The van der Waals surface area contributed by atoms with Crippen molar-refractivity contribution in [3.05, 3.63) is 39.7 Å². The molecule has 154 valence electrons. The number of methoxy groups -OCH3 is 1. The molecule has 0 spiro atoms. The van der Waals surface area contributed by atoms with Crippen LogP contribution in [0.2, 0.25) is 10.0 Å². The minimum atomic E-state index is -0.862. The second-order valence-corrected chi connectivity index (χ2v) is 7.12. The Morgan fingerprint density at radius 3 is 2.48 bits per heavy atom. The van der Waals surface area contributed by atoms with Crippen LogP contribution in [0.3, 0.4) is 0 Å². The zero-order valence-electron chi connectivity index (χ0n) is 16.4. The third-order valence-electron chi connectivity index (χ3n) is 4.08. The van der Waals surface area contributed by atoms with Gasteiger partial charge in [0.2, 0.25) is 5.88 Å². The first kappa shape index (κ1) is 21.0. The summed E-state index contributed by atoms with van der Waals surface area (Å²) in [5.41, 5.74) is 1.96. The molecule has 0 aliphatic carbocycles. The maximum Gasteiger partial charge on any atom is 0.346 e. The molecule has 0 saturated heterocycles. The quantitative estimate of drug-likeness (QED) is 0.512. The van der Waals surface area contributed by atoms with Gasteiger partial charge in [-0.15, -0.1) is 0 Å². The predicted molar refractivity (Wildman–Crippen MR) is 107 cm³/mol. The van der Waals surface area contributed by atoms with Gasteiger partial charge in [-0.05, 0) is 26.8 Å². The number of hydrogen-bond acceptors (Lipinski definition) is 7. The normalized spacial score (nSPS) is 12.0. The van der Waals surface area contributed by atoms with E-state index in [-0.39, 0.29) is 21.5 Å². The van der Waals surface area contributed by atoms with Gasteiger partial charge in [-0.25, -0.2) is 9.48 Å².